The van der Waals surface area contributed by atoms with Crippen LogP contribution in [0.25, 0.3) is 0 Å². The van der Waals surface area contributed by atoms with Gasteiger partial charge in [0.1, 0.15) is 5.75 Å². The standard InChI is InChI=1S/C22H19N5O5/c1-26-12-15(10-24-26)20(29)25-16-6-8-17(9-7-16)32-21(30)18-5-3-2-4-14(18)13-27-19(28)11-23-22(27)31/h2-10,12H,11,13H2,1H3,(H,23,31)(H,25,29). The molecule has 1 aliphatic heterocycles. The fraction of sp³-hybridized carbons (Fsp3) is 0.136. The second-order valence-corrected chi connectivity index (χ2v) is 7.07. The van der Waals surface area contributed by atoms with E-state index in [4.69, 9.17) is 4.74 Å². The van der Waals surface area contributed by atoms with Crippen LogP contribution in [-0.4, -0.2) is 45.0 Å². The third-order valence-corrected chi connectivity index (χ3v) is 4.79. The third kappa shape index (κ3) is 4.48. The zero-order valence-electron chi connectivity index (χ0n) is 17.1. The topological polar surface area (TPSA) is 123 Å². The van der Waals surface area contributed by atoms with E-state index in [-0.39, 0.29) is 36.2 Å². The highest BCUT2D eigenvalue weighted by Crippen LogP contribution is 2.20. The maximum Gasteiger partial charge on any atom is 0.343 e. The zero-order valence-corrected chi connectivity index (χ0v) is 17.1. The first-order chi connectivity index (χ1) is 15.4. The first-order valence-electron chi connectivity index (χ1n) is 9.69. The predicted molar refractivity (Wildman–Crippen MR) is 113 cm³/mol. The molecule has 0 radical (unpaired) electrons. The number of rotatable bonds is 6. The third-order valence-electron chi connectivity index (χ3n) is 4.79. The summed E-state index contributed by atoms with van der Waals surface area (Å²) in [6.45, 7) is -0.0929. The summed E-state index contributed by atoms with van der Waals surface area (Å²) in [5, 5.41) is 9.14. The minimum absolute atomic E-state index is 0.0325. The maximum absolute atomic E-state index is 12.7. The van der Waals surface area contributed by atoms with Crippen molar-refractivity contribution in [3.63, 3.8) is 0 Å². The van der Waals surface area contributed by atoms with Crippen molar-refractivity contribution in [2.75, 3.05) is 11.9 Å². The Morgan fingerprint density at radius 1 is 1.12 bits per heavy atom. The predicted octanol–water partition coefficient (Wildman–Crippen LogP) is 1.94. The average Bonchev–Trinajstić information content (AvgIpc) is 3.36. The van der Waals surface area contributed by atoms with Crippen molar-refractivity contribution in [3.8, 4) is 5.75 Å². The number of amides is 4. The number of esters is 1. The van der Waals surface area contributed by atoms with Gasteiger partial charge < -0.3 is 15.4 Å². The van der Waals surface area contributed by atoms with Crippen LogP contribution in [0.5, 0.6) is 5.75 Å². The molecule has 0 unspecified atom stereocenters. The Kier molecular flexibility index (Phi) is 5.67. The summed E-state index contributed by atoms with van der Waals surface area (Å²) in [6.07, 6.45) is 3.06. The van der Waals surface area contributed by atoms with E-state index in [9.17, 15) is 19.2 Å². The molecule has 4 rings (SSSR count). The minimum atomic E-state index is -0.625. The van der Waals surface area contributed by atoms with Crippen molar-refractivity contribution < 1.29 is 23.9 Å². The van der Waals surface area contributed by atoms with Gasteiger partial charge in [0.2, 0.25) is 5.91 Å². The van der Waals surface area contributed by atoms with Gasteiger partial charge in [0.25, 0.3) is 5.91 Å². The van der Waals surface area contributed by atoms with Crippen LogP contribution in [0.3, 0.4) is 0 Å². The molecule has 1 saturated heterocycles. The molecule has 10 nitrogen and oxygen atoms in total. The molecular formula is C22H19N5O5. The van der Waals surface area contributed by atoms with E-state index >= 15 is 0 Å². The molecule has 162 valence electrons. The molecule has 0 saturated carbocycles. The number of nitrogens with zero attached hydrogens (tertiary/aromatic N) is 3. The Hall–Kier alpha value is -4.47. The van der Waals surface area contributed by atoms with E-state index in [1.807, 2.05) is 0 Å². The van der Waals surface area contributed by atoms with Crippen LogP contribution in [0.15, 0.2) is 60.9 Å². The van der Waals surface area contributed by atoms with Gasteiger partial charge in [-0.05, 0) is 35.9 Å². The number of benzene rings is 2. The summed E-state index contributed by atoms with van der Waals surface area (Å²) in [5.74, 6) is -1.02. The van der Waals surface area contributed by atoms with Crippen LogP contribution in [0, 0.1) is 0 Å². The van der Waals surface area contributed by atoms with Gasteiger partial charge in [-0.1, -0.05) is 18.2 Å². The number of aryl methyl sites for hydroxylation is 1. The van der Waals surface area contributed by atoms with Crippen molar-refractivity contribution in [1.29, 1.82) is 0 Å². The summed E-state index contributed by atoms with van der Waals surface area (Å²) >= 11 is 0. The Balaban J connectivity index is 1.42. The summed E-state index contributed by atoms with van der Waals surface area (Å²) in [4.78, 5) is 49.6. The summed E-state index contributed by atoms with van der Waals surface area (Å²) in [5.41, 5.74) is 1.68. The first kappa shape index (κ1) is 20.8. The van der Waals surface area contributed by atoms with Crippen LogP contribution in [0.4, 0.5) is 10.5 Å². The zero-order chi connectivity index (χ0) is 22.7. The molecule has 0 spiro atoms. The number of hydrogen-bond donors (Lipinski definition) is 2. The lowest BCUT2D eigenvalue weighted by atomic mass is 10.1. The highest BCUT2D eigenvalue weighted by atomic mass is 16.5. The molecule has 3 aromatic rings. The van der Waals surface area contributed by atoms with Crippen molar-refractivity contribution in [2.45, 2.75) is 6.54 Å². The highest BCUT2D eigenvalue weighted by Gasteiger charge is 2.29. The maximum atomic E-state index is 12.7. The van der Waals surface area contributed by atoms with Crippen LogP contribution in [0.2, 0.25) is 0 Å². The van der Waals surface area contributed by atoms with Gasteiger partial charge >= 0.3 is 12.0 Å². The van der Waals surface area contributed by atoms with Crippen LogP contribution in [-0.2, 0) is 18.4 Å². The Morgan fingerprint density at radius 3 is 2.53 bits per heavy atom. The van der Waals surface area contributed by atoms with Gasteiger partial charge in [0.05, 0.1) is 30.4 Å². The summed E-state index contributed by atoms with van der Waals surface area (Å²) < 4.78 is 6.97. The van der Waals surface area contributed by atoms with E-state index in [0.29, 0.717) is 16.8 Å². The molecule has 1 aromatic heterocycles. The second kappa shape index (κ2) is 8.72. The normalized spacial score (nSPS) is 13.1. The monoisotopic (exact) mass is 433 g/mol. The lowest BCUT2D eigenvalue weighted by molar-refractivity contribution is -0.125. The Morgan fingerprint density at radius 2 is 1.88 bits per heavy atom. The molecule has 10 heteroatoms. The molecular weight excluding hydrogens is 414 g/mol. The minimum Gasteiger partial charge on any atom is -0.423 e. The number of aromatic nitrogens is 2. The number of nitrogens with one attached hydrogen (secondary N) is 2. The Bertz CT molecular complexity index is 1190. The molecule has 32 heavy (non-hydrogen) atoms. The molecule has 0 atom stereocenters. The molecule has 0 bridgehead atoms. The number of carbonyl (C=O) groups is 4. The first-order valence-corrected chi connectivity index (χ1v) is 9.69. The van der Waals surface area contributed by atoms with E-state index in [1.54, 1.807) is 61.8 Å². The number of anilines is 1. The molecule has 2 aromatic carbocycles. The fourth-order valence-corrected chi connectivity index (χ4v) is 3.15. The lowest BCUT2D eigenvalue weighted by Crippen LogP contribution is -2.31. The second-order valence-electron chi connectivity index (χ2n) is 7.07. The van der Waals surface area contributed by atoms with Crippen molar-refractivity contribution in [3.05, 3.63) is 77.6 Å². The van der Waals surface area contributed by atoms with Gasteiger partial charge in [-0.25, -0.2) is 9.59 Å². The SMILES string of the molecule is Cn1cc(C(=O)Nc2ccc(OC(=O)c3ccccc3CN3C(=O)CNC3=O)cc2)cn1. The molecule has 1 aliphatic rings. The largest absolute Gasteiger partial charge is 0.423 e. The number of urea groups is 1. The van der Waals surface area contributed by atoms with Gasteiger partial charge in [-0.2, -0.15) is 5.10 Å². The van der Waals surface area contributed by atoms with E-state index in [2.05, 4.69) is 15.7 Å². The smallest absolute Gasteiger partial charge is 0.343 e. The van der Waals surface area contributed by atoms with Crippen molar-refractivity contribution in [1.82, 2.24) is 20.0 Å². The van der Waals surface area contributed by atoms with E-state index < -0.39 is 12.0 Å². The number of imide groups is 1. The van der Waals surface area contributed by atoms with E-state index in [0.717, 1.165) is 4.90 Å². The summed E-state index contributed by atoms with van der Waals surface area (Å²) in [7, 11) is 1.72. The fourth-order valence-electron chi connectivity index (χ4n) is 3.15. The average molecular weight is 433 g/mol. The van der Waals surface area contributed by atoms with Crippen molar-refractivity contribution >= 4 is 29.5 Å². The van der Waals surface area contributed by atoms with Crippen LogP contribution in [0.1, 0.15) is 26.3 Å². The highest BCUT2D eigenvalue weighted by molar-refractivity contribution is 6.04. The van der Waals surface area contributed by atoms with Crippen molar-refractivity contribution in [2.24, 2.45) is 7.05 Å². The van der Waals surface area contributed by atoms with Gasteiger partial charge in [0, 0.05) is 18.9 Å². The van der Waals surface area contributed by atoms with Crippen LogP contribution >= 0.6 is 0 Å². The molecule has 2 N–H and O–H groups in total. The lowest BCUT2D eigenvalue weighted by Gasteiger charge is -2.15. The molecule has 4 amide bonds. The Labute approximate surface area is 182 Å². The van der Waals surface area contributed by atoms with Gasteiger partial charge in [-0.3, -0.25) is 19.2 Å². The quantitative estimate of drug-likeness (QED) is 0.348. The molecule has 2 heterocycles. The van der Waals surface area contributed by atoms with Gasteiger partial charge in [0.15, 0.2) is 0 Å². The molecule has 1 fully saturated rings. The number of hydrogen-bond acceptors (Lipinski definition) is 6. The van der Waals surface area contributed by atoms with E-state index in [1.165, 1.54) is 10.9 Å². The number of carbonyl (C=O) groups excluding carboxylic acids is 4. The molecule has 0 aliphatic carbocycles. The summed E-state index contributed by atoms with van der Waals surface area (Å²) in [6, 6.07) is 12.4. The number of ether oxygens (including phenoxy) is 1. The van der Waals surface area contributed by atoms with Gasteiger partial charge in [-0.15, -0.1) is 0 Å². The van der Waals surface area contributed by atoms with Crippen LogP contribution < -0.4 is 15.4 Å².